The lowest BCUT2D eigenvalue weighted by Gasteiger charge is -2.14. The molecule has 0 saturated heterocycles. The molecule has 2 aromatic rings. The third kappa shape index (κ3) is 4.67. The molecule has 21 heavy (non-hydrogen) atoms. The summed E-state index contributed by atoms with van der Waals surface area (Å²) in [4.78, 5) is 0.680. The molecule has 3 heteroatoms. The quantitative estimate of drug-likeness (QED) is 0.505. The highest BCUT2D eigenvalue weighted by atomic mass is 79.9. The van der Waals surface area contributed by atoms with Gasteiger partial charge in [-0.15, -0.1) is 0 Å². The van der Waals surface area contributed by atoms with Crippen LogP contribution in [0.15, 0.2) is 48.5 Å². The van der Waals surface area contributed by atoms with Crippen LogP contribution >= 0.6 is 31.9 Å². The van der Waals surface area contributed by atoms with Gasteiger partial charge in [-0.1, -0.05) is 80.4 Å². The van der Waals surface area contributed by atoms with E-state index in [4.69, 9.17) is 4.74 Å². The van der Waals surface area contributed by atoms with Crippen LogP contribution < -0.4 is 0 Å². The molecule has 0 heterocycles. The summed E-state index contributed by atoms with van der Waals surface area (Å²) in [5.74, 6) is 0. The summed E-state index contributed by atoms with van der Waals surface area (Å²) in [6.45, 7) is 5.55. The Kier molecular flexibility index (Phi) is 6.46. The van der Waals surface area contributed by atoms with Crippen LogP contribution in [0.4, 0.5) is 0 Å². The molecule has 0 N–H and O–H groups in total. The number of hydrogen-bond donors (Lipinski definition) is 0. The molecule has 0 bridgehead atoms. The molecule has 2 atom stereocenters. The van der Waals surface area contributed by atoms with E-state index in [0.717, 1.165) is 0 Å². The Balaban J connectivity index is 2.03. The van der Waals surface area contributed by atoms with Crippen LogP contribution in [0.5, 0.6) is 0 Å². The molecule has 0 radical (unpaired) electrons. The lowest BCUT2D eigenvalue weighted by Crippen LogP contribution is -2.01. The van der Waals surface area contributed by atoms with E-state index in [1.165, 1.54) is 22.3 Å². The first-order chi connectivity index (χ1) is 10.1. The largest absolute Gasteiger partial charge is 0.372 e. The van der Waals surface area contributed by atoms with Gasteiger partial charge in [-0.3, -0.25) is 0 Å². The molecular formula is C18H20Br2O. The SMILES string of the molecule is CC(Br)c1ccccc1COCc1ccccc1C(C)Br. The van der Waals surface area contributed by atoms with Gasteiger partial charge in [0, 0.05) is 9.65 Å². The van der Waals surface area contributed by atoms with Gasteiger partial charge in [-0.05, 0) is 36.1 Å². The molecule has 0 saturated carbocycles. The van der Waals surface area contributed by atoms with E-state index in [0.29, 0.717) is 22.9 Å². The number of ether oxygens (including phenoxy) is 1. The van der Waals surface area contributed by atoms with Gasteiger partial charge in [0.2, 0.25) is 0 Å². The Morgan fingerprint density at radius 1 is 0.762 bits per heavy atom. The van der Waals surface area contributed by atoms with Crippen LogP contribution in [0, 0.1) is 0 Å². The molecule has 0 amide bonds. The van der Waals surface area contributed by atoms with Gasteiger partial charge in [0.05, 0.1) is 13.2 Å². The maximum absolute atomic E-state index is 5.95. The van der Waals surface area contributed by atoms with E-state index in [1.54, 1.807) is 0 Å². The Morgan fingerprint density at radius 2 is 1.14 bits per heavy atom. The average molecular weight is 412 g/mol. The molecule has 2 aromatic carbocycles. The second kappa shape index (κ2) is 8.11. The fourth-order valence-corrected chi connectivity index (χ4v) is 3.27. The Morgan fingerprint density at radius 3 is 1.52 bits per heavy atom. The van der Waals surface area contributed by atoms with Gasteiger partial charge in [0.15, 0.2) is 0 Å². The summed E-state index contributed by atoms with van der Waals surface area (Å²) < 4.78 is 5.95. The van der Waals surface area contributed by atoms with Crippen molar-refractivity contribution in [2.45, 2.75) is 36.7 Å². The fraction of sp³-hybridized carbons (Fsp3) is 0.333. The topological polar surface area (TPSA) is 9.23 Å². The van der Waals surface area contributed by atoms with Crippen molar-refractivity contribution in [2.75, 3.05) is 0 Å². The summed E-state index contributed by atoms with van der Waals surface area (Å²) in [6, 6.07) is 16.8. The molecule has 1 nitrogen and oxygen atoms in total. The predicted octanol–water partition coefficient (Wildman–Crippen LogP) is 6.32. The monoisotopic (exact) mass is 410 g/mol. The predicted molar refractivity (Wildman–Crippen MR) is 96.1 cm³/mol. The van der Waals surface area contributed by atoms with E-state index in [-0.39, 0.29) is 0 Å². The summed E-state index contributed by atoms with van der Waals surface area (Å²) in [5.41, 5.74) is 5.07. The molecule has 0 aliphatic rings. The van der Waals surface area contributed by atoms with Gasteiger partial charge >= 0.3 is 0 Å². The minimum atomic E-state index is 0.340. The van der Waals surface area contributed by atoms with Crippen LogP contribution in [0.2, 0.25) is 0 Å². The van der Waals surface area contributed by atoms with Crippen molar-refractivity contribution < 1.29 is 4.74 Å². The normalized spacial score (nSPS) is 13.9. The van der Waals surface area contributed by atoms with Crippen LogP contribution in [-0.2, 0) is 18.0 Å². The summed E-state index contributed by atoms with van der Waals surface area (Å²) >= 11 is 7.28. The fourth-order valence-electron chi connectivity index (χ4n) is 2.38. The minimum Gasteiger partial charge on any atom is -0.372 e. The van der Waals surface area contributed by atoms with E-state index in [2.05, 4.69) is 94.2 Å². The molecule has 2 unspecified atom stereocenters. The van der Waals surface area contributed by atoms with E-state index >= 15 is 0 Å². The zero-order valence-corrected chi connectivity index (χ0v) is 15.5. The molecular weight excluding hydrogens is 392 g/mol. The molecule has 0 aromatic heterocycles. The van der Waals surface area contributed by atoms with Gasteiger partial charge in [0.1, 0.15) is 0 Å². The number of benzene rings is 2. The van der Waals surface area contributed by atoms with Crippen molar-refractivity contribution in [3.63, 3.8) is 0 Å². The zero-order chi connectivity index (χ0) is 15.2. The van der Waals surface area contributed by atoms with Crippen molar-refractivity contribution in [1.82, 2.24) is 0 Å². The molecule has 0 spiro atoms. The van der Waals surface area contributed by atoms with Gasteiger partial charge in [-0.25, -0.2) is 0 Å². The van der Waals surface area contributed by atoms with Crippen LogP contribution in [0.1, 0.15) is 45.8 Å². The standard InChI is InChI=1S/C18H20Br2O/c1-13(19)17-9-5-3-7-15(17)11-21-12-16-8-4-6-10-18(16)14(2)20/h3-10,13-14H,11-12H2,1-2H3. The highest BCUT2D eigenvalue weighted by Crippen LogP contribution is 2.27. The number of rotatable bonds is 6. The first-order valence-electron chi connectivity index (χ1n) is 7.11. The third-order valence-electron chi connectivity index (χ3n) is 3.48. The summed E-state index contributed by atoms with van der Waals surface area (Å²) in [7, 11) is 0. The van der Waals surface area contributed by atoms with Crippen LogP contribution in [-0.4, -0.2) is 0 Å². The van der Waals surface area contributed by atoms with Crippen molar-refractivity contribution in [1.29, 1.82) is 0 Å². The molecule has 0 fully saturated rings. The second-order valence-electron chi connectivity index (χ2n) is 5.12. The summed E-state index contributed by atoms with van der Waals surface area (Å²) in [6.07, 6.45) is 0. The van der Waals surface area contributed by atoms with Crippen molar-refractivity contribution >= 4 is 31.9 Å². The molecule has 2 rings (SSSR count). The minimum absolute atomic E-state index is 0.340. The third-order valence-corrected chi connectivity index (χ3v) is 4.47. The highest BCUT2D eigenvalue weighted by molar-refractivity contribution is 9.09. The maximum atomic E-state index is 5.95. The first-order valence-corrected chi connectivity index (χ1v) is 8.94. The zero-order valence-electron chi connectivity index (χ0n) is 12.4. The molecule has 112 valence electrons. The lowest BCUT2D eigenvalue weighted by atomic mass is 10.1. The Bertz CT molecular complexity index is 527. The maximum Gasteiger partial charge on any atom is 0.0724 e. The van der Waals surface area contributed by atoms with Gasteiger partial charge in [-0.2, -0.15) is 0 Å². The average Bonchev–Trinajstić information content (AvgIpc) is 2.48. The first kappa shape index (κ1) is 16.7. The van der Waals surface area contributed by atoms with Gasteiger partial charge in [0.25, 0.3) is 0 Å². The van der Waals surface area contributed by atoms with Crippen molar-refractivity contribution in [3.05, 3.63) is 70.8 Å². The smallest absolute Gasteiger partial charge is 0.0724 e. The Labute approximate surface area is 144 Å². The van der Waals surface area contributed by atoms with E-state index in [1.807, 2.05) is 0 Å². The highest BCUT2D eigenvalue weighted by Gasteiger charge is 2.09. The molecule has 0 aliphatic heterocycles. The second-order valence-corrected chi connectivity index (χ2v) is 7.87. The number of halogens is 2. The van der Waals surface area contributed by atoms with Crippen LogP contribution in [0.3, 0.4) is 0 Å². The summed E-state index contributed by atoms with van der Waals surface area (Å²) in [5, 5.41) is 0. The van der Waals surface area contributed by atoms with Gasteiger partial charge < -0.3 is 4.74 Å². The lowest BCUT2D eigenvalue weighted by molar-refractivity contribution is 0.106. The molecule has 0 aliphatic carbocycles. The number of hydrogen-bond acceptors (Lipinski definition) is 1. The van der Waals surface area contributed by atoms with E-state index in [9.17, 15) is 0 Å². The van der Waals surface area contributed by atoms with Crippen molar-refractivity contribution in [2.24, 2.45) is 0 Å². The number of alkyl halides is 2. The van der Waals surface area contributed by atoms with Crippen LogP contribution in [0.25, 0.3) is 0 Å². The van der Waals surface area contributed by atoms with E-state index < -0.39 is 0 Å². The van der Waals surface area contributed by atoms with Crippen molar-refractivity contribution in [3.8, 4) is 0 Å². The Hall–Kier alpha value is -0.640.